The van der Waals surface area contributed by atoms with Crippen molar-refractivity contribution in [3.63, 3.8) is 0 Å². The van der Waals surface area contributed by atoms with Crippen molar-refractivity contribution in [2.45, 2.75) is 25.3 Å². The minimum absolute atomic E-state index is 0.0674. The number of amides is 2. The molecule has 2 amide bonds. The SMILES string of the molecule is CN(C)C1CCCN(C(=O)NCCc2cccc3[nH]ccc23)C1. The molecule has 1 saturated heterocycles. The van der Waals surface area contributed by atoms with E-state index in [1.807, 2.05) is 11.1 Å². The minimum atomic E-state index is 0.0674. The van der Waals surface area contributed by atoms with Gasteiger partial charge in [0.05, 0.1) is 0 Å². The van der Waals surface area contributed by atoms with Gasteiger partial charge in [-0.2, -0.15) is 0 Å². The number of aromatic nitrogens is 1. The summed E-state index contributed by atoms with van der Waals surface area (Å²) in [5.41, 5.74) is 2.42. The number of carbonyl (C=O) groups excluding carboxylic acids is 1. The molecule has 0 spiro atoms. The summed E-state index contributed by atoms with van der Waals surface area (Å²) in [5, 5.41) is 4.32. The van der Waals surface area contributed by atoms with E-state index < -0.39 is 0 Å². The van der Waals surface area contributed by atoms with Gasteiger partial charge >= 0.3 is 6.03 Å². The van der Waals surface area contributed by atoms with Crippen LogP contribution < -0.4 is 5.32 Å². The summed E-state index contributed by atoms with van der Waals surface area (Å²) in [6.07, 6.45) is 5.07. The zero-order valence-electron chi connectivity index (χ0n) is 14.0. The van der Waals surface area contributed by atoms with Crippen LogP contribution in [0.1, 0.15) is 18.4 Å². The second kappa shape index (κ2) is 7.04. The van der Waals surface area contributed by atoms with Crippen LogP contribution >= 0.6 is 0 Å². The molecule has 0 radical (unpaired) electrons. The summed E-state index contributed by atoms with van der Waals surface area (Å²) in [4.78, 5) is 19.7. The van der Waals surface area contributed by atoms with E-state index in [9.17, 15) is 4.79 Å². The number of hydrogen-bond acceptors (Lipinski definition) is 2. The van der Waals surface area contributed by atoms with Crippen molar-refractivity contribution in [2.75, 3.05) is 33.7 Å². The first-order chi connectivity index (χ1) is 11.1. The molecule has 1 aliphatic heterocycles. The molecule has 1 aliphatic rings. The Morgan fingerprint density at radius 3 is 3.09 bits per heavy atom. The van der Waals surface area contributed by atoms with Gasteiger partial charge in [0.15, 0.2) is 0 Å². The summed E-state index contributed by atoms with van der Waals surface area (Å²) in [6.45, 7) is 2.36. The lowest BCUT2D eigenvalue weighted by atomic mass is 10.1. The summed E-state index contributed by atoms with van der Waals surface area (Å²) in [5.74, 6) is 0. The van der Waals surface area contributed by atoms with Crippen LogP contribution in [-0.4, -0.2) is 60.6 Å². The van der Waals surface area contributed by atoms with Crippen LogP contribution in [0.15, 0.2) is 30.5 Å². The molecule has 124 valence electrons. The maximum Gasteiger partial charge on any atom is 0.317 e. The number of nitrogens with one attached hydrogen (secondary N) is 2. The van der Waals surface area contributed by atoms with Gasteiger partial charge < -0.3 is 20.1 Å². The third-order valence-electron chi connectivity index (χ3n) is 4.77. The van der Waals surface area contributed by atoms with E-state index in [0.29, 0.717) is 12.6 Å². The van der Waals surface area contributed by atoms with Crippen LogP contribution in [0.4, 0.5) is 4.79 Å². The van der Waals surface area contributed by atoms with Crippen molar-refractivity contribution in [3.05, 3.63) is 36.0 Å². The molecular formula is C18H26N4O. The minimum Gasteiger partial charge on any atom is -0.361 e. The maximum atomic E-state index is 12.4. The number of piperidine rings is 1. The molecule has 0 aliphatic carbocycles. The first-order valence-corrected chi connectivity index (χ1v) is 8.39. The summed E-state index contributed by atoms with van der Waals surface area (Å²) in [6, 6.07) is 8.90. The summed E-state index contributed by atoms with van der Waals surface area (Å²) in [7, 11) is 4.17. The fraction of sp³-hybridized carbons (Fsp3) is 0.500. The highest BCUT2D eigenvalue weighted by Crippen LogP contribution is 2.17. The van der Waals surface area contributed by atoms with Gasteiger partial charge in [-0.25, -0.2) is 4.79 Å². The standard InChI is InChI=1S/C18H26N4O/c1-21(2)15-6-4-12-22(13-15)18(23)20-10-8-14-5-3-7-17-16(14)9-11-19-17/h3,5,7,9,11,15,19H,4,6,8,10,12-13H2,1-2H3,(H,20,23). The van der Waals surface area contributed by atoms with Crippen molar-refractivity contribution in [1.29, 1.82) is 0 Å². The Kier molecular flexibility index (Phi) is 4.86. The normalized spacial score (nSPS) is 18.6. The van der Waals surface area contributed by atoms with Gasteiger partial charge in [0.1, 0.15) is 0 Å². The molecule has 2 N–H and O–H groups in total. The van der Waals surface area contributed by atoms with Crippen LogP contribution in [-0.2, 0) is 6.42 Å². The molecule has 2 heterocycles. The lowest BCUT2D eigenvalue weighted by Crippen LogP contribution is -2.50. The van der Waals surface area contributed by atoms with Crippen LogP contribution in [0.25, 0.3) is 10.9 Å². The predicted molar refractivity (Wildman–Crippen MR) is 93.7 cm³/mol. The van der Waals surface area contributed by atoms with E-state index in [4.69, 9.17) is 0 Å². The highest BCUT2D eigenvalue weighted by Gasteiger charge is 2.24. The van der Waals surface area contributed by atoms with Crippen molar-refractivity contribution in [1.82, 2.24) is 20.1 Å². The molecule has 23 heavy (non-hydrogen) atoms. The molecule has 2 aromatic rings. The van der Waals surface area contributed by atoms with E-state index in [-0.39, 0.29) is 6.03 Å². The average Bonchev–Trinajstić information content (AvgIpc) is 3.04. The largest absolute Gasteiger partial charge is 0.361 e. The lowest BCUT2D eigenvalue weighted by Gasteiger charge is -2.36. The van der Waals surface area contributed by atoms with Gasteiger partial charge in [0.25, 0.3) is 0 Å². The molecule has 1 unspecified atom stereocenters. The van der Waals surface area contributed by atoms with Crippen molar-refractivity contribution >= 4 is 16.9 Å². The van der Waals surface area contributed by atoms with Crippen LogP contribution in [0.5, 0.6) is 0 Å². The second-order valence-corrected chi connectivity index (χ2v) is 6.54. The molecule has 1 fully saturated rings. The number of benzene rings is 1. The highest BCUT2D eigenvalue weighted by molar-refractivity contribution is 5.83. The highest BCUT2D eigenvalue weighted by atomic mass is 16.2. The third kappa shape index (κ3) is 3.67. The molecule has 0 bridgehead atoms. The van der Waals surface area contributed by atoms with Crippen molar-refractivity contribution in [3.8, 4) is 0 Å². The fourth-order valence-corrected chi connectivity index (χ4v) is 3.35. The zero-order chi connectivity index (χ0) is 16.2. The molecule has 1 aromatic heterocycles. The Morgan fingerprint density at radius 2 is 2.26 bits per heavy atom. The average molecular weight is 314 g/mol. The molecule has 1 aromatic carbocycles. The summed E-state index contributed by atoms with van der Waals surface area (Å²) >= 11 is 0. The number of likely N-dealkylation sites (tertiary alicyclic amines) is 1. The number of urea groups is 1. The molecule has 0 saturated carbocycles. The van der Waals surface area contributed by atoms with Crippen molar-refractivity contribution in [2.24, 2.45) is 0 Å². The molecule has 5 heteroatoms. The Bertz CT molecular complexity index is 664. The van der Waals surface area contributed by atoms with E-state index in [2.05, 4.69) is 53.6 Å². The first-order valence-electron chi connectivity index (χ1n) is 8.39. The molecular weight excluding hydrogens is 288 g/mol. The fourth-order valence-electron chi connectivity index (χ4n) is 3.35. The number of fused-ring (bicyclic) bond motifs is 1. The predicted octanol–water partition coefficient (Wildman–Crippen LogP) is 2.45. The Morgan fingerprint density at radius 1 is 1.39 bits per heavy atom. The summed E-state index contributed by atoms with van der Waals surface area (Å²) < 4.78 is 0. The Labute approximate surface area is 137 Å². The van der Waals surface area contributed by atoms with E-state index in [0.717, 1.165) is 31.4 Å². The number of rotatable bonds is 4. The third-order valence-corrected chi connectivity index (χ3v) is 4.77. The zero-order valence-corrected chi connectivity index (χ0v) is 14.0. The Balaban J connectivity index is 1.52. The van der Waals surface area contributed by atoms with Crippen LogP contribution in [0, 0.1) is 0 Å². The number of nitrogens with zero attached hydrogens (tertiary/aromatic N) is 2. The second-order valence-electron chi connectivity index (χ2n) is 6.54. The number of aromatic amines is 1. The smallest absolute Gasteiger partial charge is 0.317 e. The molecule has 1 atom stereocenters. The van der Waals surface area contributed by atoms with E-state index >= 15 is 0 Å². The topological polar surface area (TPSA) is 51.4 Å². The van der Waals surface area contributed by atoms with Gasteiger partial charge in [-0.3, -0.25) is 0 Å². The number of likely N-dealkylation sites (N-methyl/N-ethyl adjacent to an activating group) is 1. The Hall–Kier alpha value is -2.01. The van der Waals surface area contributed by atoms with Gasteiger partial charge in [-0.15, -0.1) is 0 Å². The van der Waals surface area contributed by atoms with E-state index in [1.54, 1.807) is 0 Å². The number of H-pyrrole nitrogens is 1. The van der Waals surface area contributed by atoms with Crippen LogP contribution in [0.3, 0.4) is 0 Å². The van der Waals surface area contributed by atoms with Crippen molar-refractivity contribution < 1.29 is 4.79 Å². The van der Waals surface area contributed by atoms with Gasteiger partial charge in [-0.05, 0) is 51.1 Å². The van der Waals surface area contributed by atoms with Crippen LogP contribution in [0.2, 0.25) is 0 Å². The number of carbonyl (C=O) groups is 1. The quantitative estimate of drug-likeness (QED) is 0.911. The molecule has 3 rings (SSSR count). The van der Waals surface area contributed by atoms with Gasteiger partial charge in [0, 0.05) is 42.8 Å². The van der Waals surface area contributed by atoms with Gasteiger partial charge in [-0.1, -0.05) is 12.1 Å². The van der Waals surface area contributed by atoms with E-state index in [1.165, 1.54) is 17.4 Å². The molecule has 5 nitrogen and oxygen atoms in total. The monoisotopic (exact) mass is 314 g/mol. The number of hydrogen-bond donors (Lipinski definition) is 2. The van der Waals surface area contributed by atoms with Gasteiger partial charge in [0.2, 0.25) is 0 Å². The first kappa shape index (κ1) is 15.9. The maximum absolute atomic E-state index is 12.4. The lowest BCUT2D eigenvalue weighted by molar-refractivity contribution is 0.140.